The fourth-order valence-corrected chi connectivity index (χ4v) is 1.00. The van der Waals surface area contributed by atoms with Gasteiger partial charge in [-0.1, -0.05) is 33.1 Å². The Morgan fingerprint density at radius 1 is 1.55 bits per heavy atom. The molecule has 0 fully saturated rings. The first-order valence-corrected chi connectivity index (χ1v) is 4.23. The van der Waals surface area contributed by atoms with Crippen molar-refractivity contribution in [2.24, 2.45) is 5.92 Å². The van der Waals surface area contributed by atoms with Crippen LogP contribution in [-0.4, -0.2) is 13.0 Å². The highest BCUT2D eigenvalue weighted by Gasteiger charge is 2.08. The maximum atomic E-state index is 11.0. The Bertz CT molecular complexity index is 112. The van der Waals surface area contributed by atoms with Crippen LogP contribution in [0.25, 0.3) is 0 Å². The molecule has 1 atom stereocenters. The summed E-state index contributed by atoms with van der Waals surface area (Å²) in [6, 6.07) is 0. The lowest BCUT2D eigenvalue weighted by Gasteiger charge is -2.08. The minimum Gasteiger partial charge on any atom is -0.359 e. The Kier molecular flexibility index (Phi) is 5.90. The zero-order chi connectivity index (χ0) is 8.69. The van der Waals surface area contributed by atoms with E-state index in [0.29, 0.717) is 0 Å². The van der Waals surface area contributed by atoms with Gasteiger partial charge in [0.05, 0.1) is 0 Å². The number of amides is 1. The van der Waals surface area contributed by atoms with Gasteiger partial charge in [0.2, 0.25) is 5.91 Å². The molecule has 1 N–H and O–H groups in total. The van der Waals surface area contributed by atoms with Gasteiger partial charge in [-0.2, -0.15) is 0 Å². The number of hydrogen-bond donors (Lipinski definition) is 1. The number of carbonyl (C=O) groups is 1. The molecule has 0 aliphatic rings. The smallest absolute Gasteiger partial charge is 0.222 e. The van der Waals surface area contributed by atoms with Crippen LogP contribution in [0, 0.1) is 12.8 Å². The normalized spacial score (nSPS) is 12.6. The molecule has 0 bridgehead atoms. The van der Waals surface area contributed by atoms with Crippen LogP contribution >= 0.6 is 0 Å². The van der Waals surface area contributed by atoms with Crippen molar-refractivity contribution in [1.82, 2.24) is 5.32 Å². The van der Waals surface area contributed by atoms with Gasteiger partial charge in [0.1, 0.15) is 0 Å². The first kappa shape index (κ1) is 10.5. The SMILES string of the molecule is [CH2]CCCCC(C)C(=O)NC. The summed E-state index contributed by atoms with van der Waals surface area (Å²) in [4.78, 5) is 11.0. The average Bonchev–Trinajstić information content (AvgIpc) is 2.03. The highest BCUT2D eigenvalue weighted by Crippen LogP contribution is 2.08. The standard InChI is InChI=1S/C9H18NO/c1-4-5-6-7-8(2)9(11)10-3/h8H,1,4-7H2,2-3H3,(H,10,11). The van der Waals surface area contributed by atoms with Gasteiger partial charge in [0.25, 0.3) is 0 Å². The van der Waals surface area contributed by atoms with Crippen LogP contribution in [0.1, 0.15) is 32.6 Å². The van der Waals surface area contributed by atoms with Gasteiger partial charge in [0.15, 0.2) is 0 Å². The van der Waals surface area contributed by atoms with Crippen molar-refractivity contribution < 1.29 is 4.79 Å². The Morgan fingerprint density at radius 2 is 2.18 bits per heavy atom. The zero-order valence-corrected chi connectivity index (χ0v) is 7.52. The Labute approximate surface area is 69.4 Å². The second-order valence-corrected chi connectivity index (χ2v) is 2.86. The predicted octanol–water partition coefficient (Wildman–Crippen LogP) is 1.76. The second-order valence-electron chi connectivity index (χ2n) is 2.86. The topological polar surface area (TPSA) is 29.1 Å². The van der Waals surface area contributed by atoms with E-state index in [0.717, 1.165) is 25.7 Å². The van der Waals surface area contributed by atoms with Crippen LogP contribution in [0.15, 0.2) is 0 Å². The lowest BCUT2D eigenvalue weighted by molar-refractivity contribution is -0.124. The third-order valence-electron chi connectivity index (χ3n) is 1.83. The number of carbonyl (C=O) groups excluding carboxylic acids is 1. The number of unbranched alkanes of at least 4 members (excludes halogenated alkanes) is 2. The van der Waals surface area contributed by atoms with Gasteiger partial charge in [-0.25, -0.2) is 0 Å². The summed E-state index contributed by atoms with van der Waals surface area (Å²) in [5.74, 6) is 0.306. The first-order chi connectivity index (χ1) is 5.22. The summed E-state index contributed by atoms with van der Waals surface area (Å²) in [5.41, 5.74) is 0. The van der Waals surface area contributed by atoms with Crippen molar-refractivity contribution in [3.8, 4) is 0 Å². The van der Waals surface area contributed by atoms with Gasteiger partial charge in [-0.05, 0) is 6.42 Å². The molecule has 0 aliphatic carbocycles. The molecule has 2 heteroatoms. The first-order valence-electron chi connectivity index (χ1n) is 4.23. The molecule has 1 amide bonds. The second kappa shape index (κ2) is 6.20. The fourth-order valence-electron chi connectivity index (χ4n) is 1.00. The van der Waals surface area contributed by atoms with Crippen LogP contribution in [0.2, 0.25) is 0 Å². The molecule has 1 radical (unpaired) electrons. The van der Waals surface area contributed by atoms with Gasteiger partial charge < -0.3 is 5.32 Å². The summed E-state index contributed by atoms with van der Waals surface area (Å²) < 4.78 is 0. The summed E-state index contributed by atoms with van der Waals surface area (Å²) in [6.45, 7) is 5.71. The molecule has 0 aliphatic heterocycles. The largest absolute Gasteiger partial charge is 0.359 e. The molecule has 0 aromatic rings. The number of rotatable bonds is 5. The zero-order valence-electron chi connectivity index (χ0n) is 7.52. The van der Waals surface area contributed by atoms with Gasteiger partial charge in [0, 0.05) is 13.0 Å². The molecule has 11 heavy (non-hydrogen) atoms. The lowest BCUT2D eigenvalue weighted by Crippen LogP contribution is -2.25. The van der Waals surface area contributed by atoms with Crippen LogP contribution in [0.4, 0.5) is 0 Å². The highest BCUT2D eigenvalue weighted by atomic mass is 16.1. The molecule has 0 spiro atoms. The highest BCUT2D eigenvalue weighted by molar-refractivity contribution is 5.77. The summed E-state index contributed by atoms with van der Waals surface area (Å²) in [5, 5.41) is 2.64. The van der Waals surface area contributed by atoms with E-state index >= 15 is 0 Å². The van der Waals surface area contributed by atoms with Crippen LogP contribution in [-0.2, 0) is 4.79 Å². The molecule has 0 saturated carbocycles. The van der Waals surface area contributed by atoms with E-state index in [1.807, 2.05) is 6.92 Å². The van der Waals surface area contributed by atoms with Crippen LogP contribution < -0.4 is 5.32 Å². The molecule has 1 unspecified atom stereocenters. The van der Waals surface area contributed by atoms with Gasteiger partial charge in [-0.3, -0.25) is 4.79 Å². The Morgan fingerprint density at radius 3 is 2.64 bits per heavy atom. The molecule has 0 aromatic carbocycles. The van der Waals surface area contributed by atoms with Gasteiger partial charge in [-0.15, -0.1) is 0 Å². The fraction of sp³-hybridized carbons (Fsp3) is 0.778. The number of hydrogen-bond acceptors (Lipinski definition) is 1. The lowest BCUT2D eigenvalue weighted by atomic mass is 10.0. The maximum Gasteiger partial charge on any atom is 0.222 e. The molecule has 0 heterocycles. The van der Waals surface area contributed by atoms with Crippen LogP contribution in [0.5, 0.6) is 0 Å². The Balaban J connectivity index is 3.36. The third kappa shape index (κ3) is 4.82. The minimum absolute atomic E-state index is 0.147. The molecule has 0 aromatic heterocycles. The van der Waals surface area contributed by atoms with Gasteiger partial charge >= 0.3 is 0 Å². The van der Waals surface area contributed by atoms with E-state index in [1.165, 1.54) is 0 Å². The quantitative estimate of drug-likeness (QED) is 0.604. The van der Waals surface area contributed by atoms with E-state index in [-0.39, 0.29) is 11.8 Å². The number of nitrogens with one attached hydrogen (secondary N) is 1. The molecule has 0 rings (SSSR count). The van der Waals surface area contributed by atoms with Crippen molar-refractivity contribution in [2.75, 3.05) is 7.05 Å². The van der Waals surface area contributed by atoms with Crippen molar-refractivity contribution in [1.29, 1.82) is 0 Å². The minimum atomic E-state index is 0.147. The van der Waals surface area contributed by atoms with Crippen molar-refractivity contribution >= 4 is 5.91 Å². The molecular formula is C9H18NO. The van der Waals surface area contributed by atoms with E-state index in [9.17, 15) is 4.79 Å². The predicted molar refractivity (Wildman–Crippen MR) is 47.1 cm³/mol. The third-order valence-corrected chi connectivity index (χ3v) is 1.83. The van der Waals surface area contributed by atoms with E-state index in [1.54, 1.807) is 7.05 Å². The maximum absolute atomic E-state index is 11.0. The molecular weight excluding hydrogens is 138 g/mol. The summed E-state index contributed by atoms with van der Waals surface area (Å²) in [6.07, 6.45) is 4.19. The van der Waals surface area contributed by atoms with E-state index in [4.69, 9.17) is 0 Å². The van der Waals surface area contributed by atoms with Crippen molar-refractivity contribution in [2.45, 2.75) is 32.6 Å². The summed E-state index contributed by atoms with van der Waals surface area (Å²) >= 11 is 0. The Hall–Kier alpha value is -0.530. The molecule has 65 valence electrons. The molecule has 2 nitrogen and oxygen atoms in total. The van der Waals surface area contributed by atoms with Crippen LogP contribution in [0.3, 0.4) is 0 Å². The van der Waals surface area contributed by atoms with Crippen molar-refractivity contribution in [3.63, 3.8) is 0 Å². The monoisotopic (exact) mass is 156 g/mol. The average molecular weight is 156 g/mol. The van der Waals surface area contributed by atoms with E-state index < -0.39 is 0 Å². The van der Waals surface area contributed by atoms with Crippen molar-refractivity contribution in [3.05, 3.63) is 6.92 Å². The van der Waals surface area contributed by atoms with E-state index in [2.05, 4.69) is 12.2 Å². The summed E-state index contributed by atoms with van der Waals surface area (Å²) in [7, 11) is 1.68. The molecule has 0 saturated heterocycles.